The van der Waals surface area contributed by atoms with E-state index in [1.165, 1.54) is 35.0 Å². The van der Waals surface area contributed by atoms with Crippen molar-refractivity contribution >= 4 is 32.7 Å². The summed E-state index contributed by atoms with van der Waals surface area (Å²) in [6.07, 6.45) is 6.10. The first-order chi connectivity index (χ1) is 18.9. The van der Waals surface area contributed by atoms with Crippen molar-refractivity contribution in [2.75, 3.05) is 18.4 Å². The molecule has 0 radical (unpaired) electrons. The summed E-state index contributed by atoms with van der Waals surface area (Å²) in [7, 11) is -3.60. The molecule has 5 rings (SSSR count). The first-order valence-electron chi connectivity index (χ1n) is 12.6. The Kier molecular flexibility index (Phi) is 7.71. The molecule has 1 aliphatic rings. The number of hydrogen-bond donors (Lipinski definition) is 2. The molecular weight excluding hydrogens is 521 g/mol. The van der Waals surface area contributed by atoms with Gasteiger partial charge in [-0.15, -0.1) is 0 Å². The molecule has 3 heterocycles. The molecule has 2 aromatic heterocycles. The number of aromatic nitrogens is 3. The van der Waals surface area contributed by atoms with Gasteiger partial charge in [-0.3, -0.25) is 4.79 Å². The van der Waals surface area contributed by atoms with Crippen LogP contribution in [0, 0.1) is 5.82 Å². The van der Waals surface area contributed by atoms with Gasteiger partial charge in [0.15, 0.2) is 5.78 Å². The number of fused-ring (bicyclic) bond motifs is 1. The molecule has 1 atom stereocenters. The highest BCUT2D eigenvalue weighted by atomic mass is 32.2. The second-order valence-electron chi connectivity index (χ2n) is 9.24. The van der Waals surface area contributed by atoms with Crippen LogP contribution in [0.4, 0.5) is 10.2 Å². The van der Waals surface area contributed by atoms with Gasteiger partial charge in [-0.2, -0.15) is 4.31 Å². The van der Waals surface area contributed by atoms with E-state index in [0.717, 1.165) is 24.7 Å². The number of nitrogens with one attached hydrogen (secondary N) is 2. The van der Waals surface area contributed by atoms with Crippen molar-refractivity contribution < 1.29 is 22.3 Å². The lowest BCUT2D eigenvalue weighted by atomic mass is 10.0. The summed E-state index contributed by atoms with van der Waals surface area (Å²) in [6.45, 7) is 4.16. The Morgan fingerprint density at radius 1 is 1.13 bits per heavy atom. The van der Waals surface area contributed by atoms with Crippen molar-refractivity contribution in [2.24, 2.45) is 0 Å². The number of H-pyrrole nitrogens is 1. The Morgan fingerprint density at radius 2 is 1.95 bits per heavy atom. The predicted molar refractivity (Wildman–Crippen MR) is 147 cm³/mol. The second-order valence-corrected chi connectivity index (χ2v) is 11.1. The number of para-hydroxylation sites is 1. The third kappa shape index (κ3) is 5.69. The maximum atomic E-state index is 15.1. The molecule has 1 unspecified atom stereocenters. The Hall–Kier alpha value is -4.09. The van der Waals surface area contributed by atoms with Gasteiger partial charge >= 0.3 is 0 Å². The fourth-order valence-electron chi connectivity index (χ4n) is 4.79. The summed E-state index contributed by atoms with van der Waals surface area (Å²) in [4.78, 5) is 24.9. The van der Waals surface area contributed by atoms with Crippen LogP contribution in [0.3, 0.4) is 0 Å². The van der Waals surface area contributed by atoms with Gasteiger partial charge in [0.2, 0.25) is 10.0 Å². The molecule has 39 heavy (non-hydrogen) atoms. The van der Waals surface area contributed by atoms with Crippen LogP contribution in [0.1, 0.15) is 41.6 Å². The largest absolute Gasteiger partial charge is 0.457 e. The van der Waals surface area contributed by atoms with Crippen LogP contribution < -0.4 is 10.1 Å². The summed E-state index contributed by atoms with van der Waals surface area (Å²) in [5, 5.41) is 4.59. The van der Waals surface area contributed by atoms with Crippen LogP contribution in [-0.2, 0) is 10.0 Å². The number of ketones is 1. The van der Waals surface area contributed by atoms with E-state index < -0.39 is 21.6 Å². The third-order valence-corrected chi connectivity index (χ3v) is 8.30. The highest BCUT2D eigenvalue weighted by Gasteiger charge is 2.30. The fourth-order valence-corrected chi connectivity index (χ4v) is 5.96. The lowest BCUT2D eigenvalue weighted by Crippen LogP contribution is -2.42. The van der Waals surface area contributed by atoms with Crippen LogP contribution in [0.5, 0.6) is 11.5 Å². The first-order valence-corrected chi connectivity index (χ1v) is 14.1. The molecule has 4 aromatic rings. The number of anilines is 1. The van der Waals surface area contributed by atoms with Crippen molar-refractivity contribution in [1.29, 1.82) is 0 Å². The fraction of sp³-hybridized carbons (Fsp3) is 0.250. The van der Waals surface area contributed by atoms with E-state index in [4.69, 9.17) is 4.74 Å². The summed E-state index contributed by atoms with van der Waals surface area (Å²) in [6, 6.07) is 12.7. The Balaban J connectivity index is 1.40. The number of hydrogen-bond acceptors (Lipinski definition) is 7. The summed E-state index contributed by atoms with van der Waals surface area (Å²) in [5.74, 6) is -0.101. The number of carbonyl (C=O) groups excluding carboxylic acids is 1. The van der Waals surface area contributed by atoms with Crippen molar-refractivity contribution in [3.63, 3.8) is 0 Å². The average molecular weight is 550 g/mol. The lowest BCUT2D eigenvalue weighted by Gasteiger charge is -2.28. The zero-order valence-electron chi connectivity index (χ0n) is 21.1. The van der Waals surface area contributed by atoms with Gasteiger partial charge in [0.1, 0.15) is 35.1 Å². The predicted octanol–water partition coefficient (Wildman–Crippen LogP) is 5.25. The van der Waals surface area contributed by atoms with Crippen molar-refractivity contribution in [2.45, 2.75) is 31.7 Å². The molecule has 2 N–H and O–H groups in total. The topological polar surface area (TPSA) is 117 Å². The van der Waals surface area contributed by atoms with Crippen LogP contribution >= 0.6 is 0 Å². The smallest absolute Gasteiger partial charge is 0.235 e. The SMILES string of the molecule is C=CS(=O)(=O)N1CCCCCC1CNc1ncnc2[nH]cc(C(=O)c3ccc(Oc4ccccc4)cc3F)c12. The second kappa shape index (κ2) is 11.3. The number of sulfonamides is 1. The summed E-state index contributed by atoms with van der Waals surface area (Å²) < 4.78 is 47.5. The van der Waals surface area contributed by atoms with E-state index in [1.54, 1.807) is 24.3 Å². The number of nitrogens with zero attached hydrogens (tertiary/aromatic N) is 3. The van der Waals surface area contributed by atoms with Crippen LogP contribution in [0.15, 0.2) is 73.0 Å². The molecule has 0 amide bonds. The summed E-state index contributed by atoms with van der Waals surface area (Å²) >= 11 is 0. The Morgan fingerprint density at radius 3 is 2.72 bits per heavy atom. The average Bonchev–Trinajstić information content (AvgIpc) is 3.23. The monoisotopic (exact) mass is 549 g/mol. The van der Waals surface area contributed by atoms with Gasteiger partial charge in [0.05, 0.1) is 16.5 Å². The van der Waals surface area contributed by atoms with E-state index in [-0.39, 0.29) is 29.5 Å². The van der Waals surface area contributed by atoms with Gasteiger partial charge in [0.25, 0.3) is 0 Å². The number of rotatable bonds is 9. The molecule has 1 fully saturated rings. The van der Waals surface area contributed by atoms with Gasteiger partial charge in [-0.1, -0.05) is 37.6 Å². The number of ether oxygens (including phenoxy) is 1. The third-order valence-electron chi connectivity index (χ3n) is 6.74. The highest BCUT2D eigenvalue weighted by Crippen LogP contribution is 2.29. The van der Waals surface area contributed by atoms with Crippen molar-refractivity contribution in [3.05, 3.63) is 90.0 Å². The van der Waals surface area contributed by atoms with Gasteiger partial charge in [-0.25, -0.2) is 22.8 Å². The molecule has 11 heteroatoms. The highest BCUT2D eigenvalue weighted by molar-refractivity contribution is 7.92. The molecular formula is C28H28FN5O4S. The van der Waals surface area contributed by atoms with E-state index in [2.05, 4.69) is 26.8 Å². The standard InChI is InChI=1S/C28H28FN5O4S/c1-2-39(36,37)34-14-8-4-5-9-19(34)16-30-27-25-23(17-31-28(25)33-18-32-27)26(35)22-13-12-21(15-24(22)29)38-20-10-6-3-7-11-20/h2-3,6-7,10-13,15,17-19H,1,4-5,8-9,14,16H2,(H2,30,31,32,33). The number of aromatic amines is 1. The molecule has 1 saturated heterocycles. The minimum Gasteiger partial charge on any atom is -0.457 e. The van der Waals surface area contributed by atoms with Crippen molar-refractivity contribution in [1.82, 2.24) is 19.3 Å². The minimum atomic E-state index is -3.60. The number of halogens is 1. The van der Waals surface area contributed by atoms with E-state index in [0.29, 0.717) is 35.6 Å². The molecule has 202 valence electrons. The van der Waals surface area contributed by atoms with Gasteiger partial charge in [-0.05, 0) is 37.1 Å². The maximum Gasteiger partial charge on any atom is 0.235 e. The van der Waals surface area contributed by atoms with E-state index in [9.17, 15) is 13.2 Å². The Bertz CT molecular complexity index is 1610. The van der Waals surface area contributed by atoms with Crippen LogP contribution in [0.2, 0.25) is 0 Å². The zero-order valence-corrected chi connectivity index (χ0v) is 22.0. The number of carbonyl (C=O) groups is 1. The van der Waals surface area contributed by atoms with Gasteiger partial charge in [0, 0.05) is 36.8 Å². The van der Waals surface area contributed by atoms with Crippen molar-refractivity contribution in [3.8, 4) is 11.5 Å². The first kappa shape index (κ1) is 26.5. The van der Waals surface area contributed by atoms with Crippen LogP contribution in [-0.4, -0.2) is 52.6 Å². The molecule has 0 saturated carbocycles. The minimum absolute atomic E-state index is 0.127. The number of benzene rings is 2. The normalized spacial score (nSPS) is 16.5. The molecule has 1 aliphatic heterocycles. The molecule has 2 aromatic carbocycles. The van der Waals surface area contributed by atoms with Crippen LogP contribution in [0.25, 0.3) is 11.0 Å². The lowest BCUT2D eigenvalue weighted by molar-refractivity contribution is 0.103. The molecule has 0 bridgehead atoms. The van der Waals surface area contributed by atoms with E-state index in [1.807, 2.05) is 6.07 Å². The molecule has 0 spiro atoms. The molecule has 0 aliphatic carbocycles. The van der Waals surface area contributed by atoms with Gasteiger partial charge < -0.3 is 15.0 Å². The summed E-state index contributed by atoms with van der Waals surface area (Å²) in [5.41, 5.74) is 0.468. The van der Waals surface area contributed by atoms with E-state index >= 15 is 4.39 Å². The Labute approximate surface area is 225 Å². The maximum absolute atomic E-state index is 15.1. The molecule has 9 nitrogen and oxygen atoms in total. The quantitative estimate of drug-likeness (QED) is 0.274. The zero-order chi connectivity index (χ0) is 27.4.